The summed E-state index contributed by atoms with van der Waals surface area (Å²) in [7, 11) is -2.15. The Kier molecular flexibility index (Phi) is 6.39. The van der Waals surface area contributed by atoms with Gasteiger partial charge in [-0.2, -0.15) is 0 Å². The van der Waals surface area contributed by atoms with Crippen LogP contribution in [0.15, 0.2) is 41.3 Å². The predicted molar refractivity (Wildman–Crippen MR) is 106 cm³/mol. The van der Waals surface area contributed by atoms with Crippen molar-refractivity contribution in [2.45, 2.75) is 43.9 Å². The van der Waals surface area contributed by atoms with Crippen molar-refractivity contribution in [3.63, 3.8) is 0 Å². The summed E-state index contributed by atoms with van der Waals surface area (Å²) in [5.74, 6) is 1.14. The van der Waals surface area contributed by atoms with Crippen LogP contribution in [-0.2, 0) is 29.3 Å². The number of sulfonamides is 1. The minimum Gasteiger partial charge on any atom is -0.495 e. The fourth-order valence-electron chi connectivity index (χ4n) is 3.35. The highest BCUT2D eigenvalue weighted by molar-refractivity contribution is 7.89. The summed E-state index contributed by atoms with van der Waals surface area (Å²) in [5.41, 5.74) is 3.54. The molecule has 0 aliphatic heterocycles. The smallest absolute Gasteiger partial charge is 0.244 e. The van der Waals surface area contributed by atoms with Gasteiger partial charge < -0.3 is 9.47 Å². The van der Waals surface area contributed by atoms with E-state index in [0.29, 0.717) is 5.75 Å². The Balaban J connectivity index is 1.64. The molecule has 1 N–H and O–H groups in total. The maximum atomic E-state index is 12.7. The van der Waals surface area contributed by atoms with Crippen LogP contribution in [0.25, 0.3) is 0 Å². The lowest BCUT2D eigenvalue weighted by atomic mass is 9.92. The monoisotopic (exact) mass is 389 g/mol. The Morgan fingerprint density at radius 2 is 1.70 bits per heavy atom. The fraction of sp³-hybridized carbons (Fsp3) is 0.429. The van der Waals surface area contributed by atoms with E-state index < -0.39 is 10.0 Å². The number of ether oxygens (including phenoxy) is 2. The molecule has 0 aromatic heterocycles. The van der Waals surface area contributed by atoms with E-state index in [1.165, 1.54) is 18.2 Å². The summed E-state index contributed by atoms with van der Waals surface area (Å²) in [6.07, 6.45) is 5.10. The van der Waals surface area contributed by atoms with Crippen LogP contribution >= 0.6 is 0 Å². The number of fused-ring (bicyclic) bond motifs is 1. The van der Waals surface area contributed by atoms with Crippen LogP contribution < -0.4 is 14.2 Å². The lowest BCUT2D eigenvalue weighted by Gasteiger charge is -2.19. The van der Waals surface area contributed by atoms with Gasteiger partial charge in [0.25, 0.3) is 0 Å². The molecule has 0 saturated heterocycles. The SMILES string of the molecule is CCc1ccc(OCCNS(=O)(=O)c2cc3c(cc2OC)CCCC3)cc1. The van der Waals surface area contributed by atoms with E-state index >= 15 is 0 Å². The molecule has 2 aromatic rings. The Hall–Kier alpha value is -2.05. The molecule has 5 nitrogen and oxygen atoms in total. The van der Waals surface area contributed by atoms with E-state index in [2.05, 4.69) is 11.6 Å². The van der Waals surface area contributed by atoms with Gasteiger partial charge in [-0.05, 0) is 73.1 Å². The molecule has 0 saturated carbocycles. The Bertz CT molecular complexity index is 876. The maximum absolute atomic E-state index is 12.7. The van der Waals surface area contributed by atoms with Crippen molar-refractivity contribution in [1.82, 2.24) is 4.72 Å². The molecule has 3 rings (SSSR count). The third-order valence-corrected chi connectivity index (χ3v) is 6.39. The fourth-order valence-corrected chi connectivity index (χ4v) is 4.57. The van der Waals surface area contributed by atoms with Crippen LogP contribution in [0.3, 0.4) is 0 Å². The van der Waals surface area contributed by atoms with Crippen LogP contribution in [-0.4, -0.2) is 28.7 Å². The normalized spacial score (nSPS) is 13.9. The molecule has 1 aliphatic carbocycles. The summed E-state index contributed by atoms with van der Waals surface area (Å²) in [6.45, 7) is 2.55. The molecule has 146 valence electrons. The number of rotatable bonds is 8. The van der Waals surface area contributed by atoms with Crippen LogP contribution in [0.5, 0.6) is 11.5 Å². The number of hydrogen-bond donors (Lipinski definition) is 1. The minimum absolute atomic E-state index is 0.193. The van der Waals surface area contributed by atoms with Gasteiger partial charge in [-0.25, -0.2) is 13.1 Å². The zero-order chi connectivity index (χ0) is 19.3. The van der Waals surface area contributed by atoms with Crippen LogP contribution in [0, 0.1) is 0 Å². The molecule has 0 amide bonds. The van der Waals surface area contributed by atoms with Gasteiger partial charge in [0.1, 0.15) is 23.0 Å². The van der Waals surface area contributed by atoms with E-state index in [4.69, 9.17) is 9.47 Å². The first-order chi connectivity index (χ1) is 13.0. The maximum Gasteiger partial charge on any atom is 0.244 e. The van der Waals surface area contributed by atoms with E-state index in [1.54, 1.807) is 6.07 Å². The Labute approximate surface area is 161 Å². The van der Waals surface area contributed by atoms with E-state index in [9.17, 15) is 8.42 Å². The van der Waals surface area contributed by atoms with Crippen molar-refractivity contribution in [3.05, 3.63) is 53.1 Å². The van der Waals surface area contributed by atoms with Crippen LogP contribution in [0.2, 0.25) is 0 Å². The summed E-state index contributed by atoms with van der Waals surface area (Å²) in [5, 5.41) is 0. The standard InChI is InChI=1S/C21H27NO4S/c1-3-16-8-10-19(11-9-16)26-13-12-22-27(23,24)21-15-18-7-5-4-6-17(18)14-20(21)25-2/h8-11,14-15,22H,3-7,12-13H2,1-2H3. The highest BCUT2D eigenvalue weighted by atomic mass is 32.2. The van der Waals surface area contributed by atoms with Gasteiger partial charge in [0.15, 0.2) is 0 Å². The average molecular weight is 390 g/mol. The first-order valence-corrected chi connectivity index (χ1v) is 10.9. The molecule has 0 bridgehead atoms. The Morgan fingerprint density at radius 3 is 2.33 bits per heavy atom. The summed E-state index contributed by atoms with van der Waals surface area (Å²) in [4.78, 5) is 0.206. The third kappa shape index (κ3) is 4.82. The molecule has 0 heterocycles. The summed E-state index contributed by atoms with van der Waals surface area (Å²) < 4.78 is 39.1. The van der Waals surface area contributed by atoms with Crippen molar-refractivity contribution in [3.8, 4) is 11.5 Å². The van der Waals surface area contributed by atoms with Crippen LogP contribution in [0.1, 0.15) is 36.5 Å². The average Bonchev–Trinajstić information content (AvgIpc) is 2.70. The first kappa shape index (κ1) is 19.7. The van der Waals surface area contributed by atoms with Crippen molar-refractivity contribution >= 4 is 10.0 Å². The molecular formula is C21H27NO4S. The third-order valence-electron chi connectivity index (χ3n) is 4.91. The van der Waals surface area contributed by atoms with Crippen molar-refractivity contribution in [2.75, 3.05) is 20.3 Å². The van der Waals surface area contributed by atoms with Gasteiger partial charge in [-0.15, -0.1) is 0 Å². The summed E-state index contributed by atoms with van der Waals surface area (Å²) in [6, 6.07) is 11.5. The highest BCUT2D eigenvalue weighted by Gasteiger charge is 2.22. The topological polar surface area (TPSA) is 64.6 Å². The zero-order valence-corrected chi connectivity index (χ0v) is 16.8. The molecule has 0 spiro atoms. The summed E-state index contributed by atoms with van der Waals surface area (Å²) >= 11 is 0. The zero-order valence-electron chi connectivity index (χ0n) is 16.0. The first-order valence-electron chi connectivity index (χ1n) is 9.44. The lowest BCUT2D eigenvalue weighted by molar-refractivity contribution is 0.322. The van der Waals surface area contributed by atoms with Gasteiger partial charge in [0, 0.05) is 6.54 Å². The molecule has 2 aromatic carbocycles. The van der Waals surface area contributed by atoms with Crippen molar-refractivity contribution in [1.29, 1.82) is 0 Å². The minimum atomic E-state index is -3.66. The molecular weight excluding hydrogens is 362 g/mol. The van der Waals surface area contributed by atoms with Gasteiger partial charge in [0.05, 0.1) is 7.11 Å². The van der Waals surface area contributed by atoms with E-state index in [-0.39, 0.29) is 18.0 Å². The van der Waals surface area contributed by atoms with Gasteiger partial charge in [-0.3, -0.25) is 0 Å². The molecule has 0 unspecified atom stereocenters. The molecule has 0 atom stereocenters. The highest BCUT2D eigenvalue weighted by Crippen LogP contribution is 2.31. The van der Waals surface area contributed by atoms with Crippen molar-refractivity contribution < 1.29 is 17.9 Å². The van der Waals surface area contributed by atoms with Gasteiger partial charge in [0.2, 0.25) is 10.0 Å². The van der Waals surface area contributed by atoms with Gasteiger partial charge in [-0.1, -0.05) is 19.1 Å². The number of nitrogens with one attached hydrogen (secondary N) is 1. The second kappa shape index (κ2) is 8.76. The molecule has 0 fully saturated rings. The largest absolute Gasteiger partial charge is 0.495 e. The number of hydrogen-bond acceptors (Lipinski definition) is 4. The quantitative estimate of drug-likeness (QED) is 0.702. The predicted octanol–water partition coefficient (Wildman–Crippen LogP) is 3.49. The second-order valence-electron chi connectivity index (χ2n) is 6.72. The number of aryl methyl sites for hydroxylation is 3. The molecule has 1 aliphatic rings. The van der Waals surface area contributed by atoms with E-state index in [1.807, 2.05) is 30.3 Å². The van der Waals surface area contributed by atoms with E-state index in [0.717, 1.165) is 43.4 Å². The molecule has 6 heteroatoms. The number of benzene rings is 2. The Morgan fingerprint density at radius 1 is 1.04 bits per heavy atom. The molecule has 0 radical (unpaired) electrons. The number of methoxy groups -OCH3 is 1. The molecule has 27 heavy (non-hydrogen) atoms. The second-order valence-corrected chi connectivity index (χ2v) is 8.46. The van der Waals surface area contributed by atoms with Crippen molar-refractivity contribution in [2.24, 2.45) is 0 Å². The lowest BCUT2D eigenvalue weighted by Crippen LogP contribution is -2.29. The van der Waals surface area contributed by atoms with Gasteiger partial charge >= 0.3 is 0 Å². The van der Waals surface area contributed by atoms with Crippen LogP contribution in [0.4, 0.5) is 0 Å².